The molecule has 3 aliphatic rings. The molecule has 0 bridgehead atoms. The predicted octanol–water partition coefficient (Wildman–Crippen LogP) is -0.886. The van der Waals surface area contributed by atoms with Crippen molar-refractivity contribution in [3.05, 3.63) is 52.6 Å². The van der Waals surface area contributed by atoms with Crippen LogP contribution in [0.3, 0.4) is 0 Å². The number of piperidine rings is 1. The van der Waals surface area contributed by atoms with E-state index < -0.39 is 23.8 Å². The van der Waals surface area contributed by atoms with E-state index >= 15 is 0 Å². The number of ether oxygens (including phenoxy) is 2. The average molecular weight is 479 g/mol. The van der Waals surface area contributed by atoms with Crippen molar-refractivity contribution in [1.82, 2.24) is 15.1 Å². The summed E-state index contributed by atoms with van der Waals surface area (Å²) in [6.45, 7) is 4.44. The van der Waals surface area contributed by atoms with Gasteiger partial charge in [0.1, 0.15) is 41.9 Å². The molecule has 2 atom stereocenters. The van der Waals surface area contributed by atoms with E-state index in [1.165, 1.54) is 10.5 Å². The highest BCUT2D eigenvalue weighted by Gasteiger charge is 2.44. The molecule has 178 valence electrons. The minimum Gasteiger partial charge on any atom is -0.489 e. The van der Waals surface area contributed by atoms with Crippen molar-refractivity contribution < 1.29 is 23.9 Å². The molecule has 2 aromatic carbocycles. The number of hydrogen-bond donors (Lipinski definition) is 1. The monoisotopic (exact) mass is 479 g/mol. The van der Waals surface area contributed by atoms with Gasteiger partial charge in [-0.1, -0.05) is 35.2 Å². The third-order valence-corrected chi connectivity index (χ3v) is 6.92. The second kappa shape index (κ2) is 10.1. The summed E-state index contributed by atoms with van der Waals surface area (Å²) in [6.07, 6.45) is 0.298. The number of carbonyl (C=O) groups excluding carboxylic acids is 3. The van der Waals surface area contributed by atoms with E-state index in [9.17, 15) is 14.4 Å². The third kappa shape index (κ3) is 4.69. The first kappa shape index (κ1) is 24.7. The zero-order chi connectivity index (χ0) is 25.4. The van der Waals surface area contributed by atoms with Gasteiger partial charge in [-0.25, -0.2) is 0 Å². The molecular formula is C25H24B3N3O5. The summed E-state index contributed by atoms with van der Waals surface area (Å²) >= 11 is 0. The first-order chi connectivity index (χ1) is 17.3. The zero-order valence-corrected chi connectivity index (χ0v) is 19.9. The van der Waals surface area contributed by atoms with Crippen molar-refractivity contribution in [3.8, 4) is 5.75 Å². The van der Waals surface area contributed by atoms with E-state index in [1.807, 2.05) is 12.1 Å². The molecule has 5 rings (SSSR count). The standard InChI is InChI=1S/C25H24B3N3O5/c26-16-11-18(36-13-15-3-1-14(2-4-15)12-30-7-9-35-10-8-30)20-21(22(16)27)25(34)31(23(20)28)17-5-6-19(32)29-24(17)33/h1-4,11,17,23H,5-10,12-13H2,(H,29,32,33). The van der Waals surface area contributed by atoms with Crippen molar-refractivity contribution in [2.75, 3.05) is 26.3 Å². The first-order valence-electron chi connectivity index (χ1n) is 12.0. The fraction of sp³-hybridized carbons (Fsp3) is 0.400. The van der Waals surface area contributed by atoms with Crippen molar-refractivity contribution in [3.63, 3.8) is 0 Å². The topological polar surface area (TPSA) is 88.2 Å². The predicted molar refractivity (Wildman–Crippen MR) is 135 cm³/mol. The molecule has 2 saturated heterocycles. The molecule has 8 nitrogen and oxygen atoms in total. The van der Waals surface area contributed by atoms with Gasteiger partial charge in [0.2, 0.25) is 11.8 Å². The first-order valence-corrected chi connectivity index (χ1v) is 12.0. The van der Waals surface area contributed by atoms with Gasteiger partial charge < -0.3 is 14.4 Å². The molecule has 3 amide bonds. The van der Waals surface area contributed by atoms with Crippen molar-refractivity contribution in [1.29, 1.82) is 0 Å². The largest absolute Gasteiger partial charge is 0.489 e. The Hall–Kier alpha value is -3.04. The van der Waals surface area contributed by atoms with E-state index in [-0.39, 0.29) is 41.8 Å². The quantitative estimate of drug-likeness (QED) is 0.428. The number of fused-ring (bicyclic) bond motifs is 1. The van der Waals surface area contributed by atoms with Gasteiger partial charge >= 0.3 is 0 Å². The van der Waals surface area contributed by atoms with Gasteiger partial charge in [-0.2, -0.15) is 0 Å². The highest BCUT2D eigenvalue weighted by atomic mass is 16.5. The molecule has 3 heterocycles. The average Bonchev–Trinajstić information content (AvgIpc) is 3.12. The molecule has 11 heteroatoms. The van der Waals surface area contributed by atoms with E-state index in [1.54, 1.807) is 6.07 Å². The molecule has 0 saturated carbocycles. The van der Waals surface area contributed by atoms with Crippen LogP contribution in [0.5, 0.6) is 5.75 Å². The molecule has 0 spiro atoms. The molecule has 3 aliphatic heterocycles. The summed E-state index contributed by atoms with van der Waals surface area (Å²) in [5.74, 6) is -2.07. The van der Waals surface area contributed by atoms with Gasteiger partial charge in [0.05, 0.1) is 13.2 Å². The fourth-order valence-electron chi connectivity index (χ4n) is 4.95. The van der Waals surface area contributed by atoms with Gasteiger partial charge in [0.25, 0.3) is 5.91 Å². The van der Waals surface area contributed by atoms with Gasteiger partial charge in [-0.15, -0.1) is 0 Å². The lowest BCUT2D eigenvalue weighted by atomic mass is 9.74. The van der Waals surface area contributed by atoms with Crippen molar-refractivity contribution in [2.45, 2.75) is 38.0 Å². The SMILES string of the molecule is [B]c1cc(OCc2ccc(CN3CCOCC3)cc2)c2c(c1[B])C(=O)N(C1CCC(=O)NC1=O)C2[B]. The van der Waals surface area contributed by atoms with Crippen molar-refractivity contribution >= 4 is 52.2 Å². The summed E-state index contributed by atoms with van der Waals surface area (Å²) in [7, 11) is 18.7. The number of imide groups is 1. The molecule has 0 aliphatic carbocycles. The highest BCUT2D eigenvalue weighted by molar-refractivity contribution is 6.51. The van der Waals surface area contributed by atoms with Gasteiger partial charge in [-0.05, 0) is 23.6 Å². The fourth-order valence-corrected chi connectivity index (χ4v) is 4.95. The summed E-state index contributed by atoms with van der Waals surface area (Å²) in [5.41, 5.74) is 2.95. The van der Waals surface area contributed by atoms with Gasteiger partial charge in [-0.3, -0.25) is 24.6 Å². The molecule has 6 radical (unpaired) electrons. The zero-order valence-electron chi connectivity index (χ0n) is 19.9. The maximum atomic E-state index is 13.3. The molecule has 2 fully saturated rings. The number of hydrogen-bond acceptors (Lipinski definition) is 6. The lowest BCUT2D eigenvalue weighted by molar-refractivity contribution is -0.137. The minimum absolute atomic E-state index is 0.0973. The molecular weight excluding hydrogens is 455 g/mol. The molecule has 2 unspecified atom stereocenters. The third-order valence-electron chi connectivity index (χ3n) is 6.92. The van der Waals surface area contributed by atoms with Crippen LogP contribution in [-0.2, 0) is 27.5 Å². The second-order valence-corrected chi connectivity index (χ2v) is 9.28. The van der Waals surface area contributed by atoms with Crippen LogP contribution in [-0.4, -0.2) is 83.4 Å². The normalized spacial score (nSPS) is 22.4. The maximum absolute atomic E-state index is 13.3. The van der Waals surface area contributed by atoms with E-state index in [4.69, 9.17) is 33.0 Å². The van der Waals surface area contributed by atoms with Crippen molar-refractivity contribution in [2.24, 2.45) is 0 Å². The van der Waals surface area contributed by atoms with Crippen LogP contribution in [0.4, 0.5) is 0 Å². The maximum Gasteiger partial charge on any atom is 0.254 e. The van der Waals surface area contributed by atoms with Gasteiger partial charge in [0, 0.05) is 43.1 Å². The van der Waals surface area contributed by atoms with Crippen LogP contribution >= 0.6 is 0 Å². The van der Waals surface area contributed by atoms with E-state index in [0.717, 1.165) is 38.4 Å². The second-order valence-electron chi connectivity index (χ2n) is 9.28. The Labute approximate surface area is 213 Å². The highest BCUT2D eigenvalue weighted by Crippen LogP contribution is 2.39. The number of morpholine rings is 1. The Balaban J connectivity index is 1.33. The lowest BCUT2D eigenvalue weighted by Gasteiger charge is -2.33. The van der Waals surface area contributed by atoms with Crippen LogP contribution in [0.15, 0.2) is 30.3 Å². The Morgan fingerprint density at radius 2 is 1.75 bits per heavy atom. The molecule has 1 N–H and O–H groups in total. The summed E-state index contributed by atoms with van der Waals surface area (Å²) in [5, 5.41) is 2.27. The molecule has 2 aromatic rings. The van der Waals surface area contributed by atoms with Gasteiger partial charge in [0.15, 0.2) is 0 Å². The summed E-state index contributed by atoms with van der Waals surface area (Å²) < 4.78 is 11.5. The Bertz CT molecular complexity index is 1200. The van der Waals surface area contributed by atoms with Crippen LogP contribution in [0, 0.1) is 0 Å². The number of amides is 3. The summed E-state index contributed by atoms with van der Waals surface area (Å²) in [4.78, 5) is 41.0. The number of rotatable bonds is 6. The van der Waals surface area contributed by atoms with E-state index in [2.05, 4.69) is 22.3 Å². The van der Waals surface area contributed by atoms with Crippen LogP contribution in [0.1, 0.15) is 45.8 Å². The number of carbonyl (C=O) groups is 3. The minimum atomic E-state index is -0.967. The van der Waals surface area contributed by atoms with Crippen LogP contribution in [0.25, 0.3) is 0 Å². The Kier molecular flexibility index (Phi) is 6.95. The smallest absolute Gasteiger partial charge is 0.254 e. The number of benzene rings is 2. The number of nitrogens with zero attached hydrogens (tertiary/aromatic N) is 2. The Morgan fingerprint density at radius 3 is 2.44 bits per heavy atom. The Morgan fingerprint density at radius 1 is 1.06 bits per heavy atom. The summed E-state index contributed by atoms with van der Waals surface area (Å²) in [6, 6.07) is 8.80. The van der Waals surface area contributed by atoms with Crippen LogP contribution < -0.4 is 21.0 Å². The van der Waals surface area contributed by atoms with E-state index in [0.29, 0.717) is 11.3 Å². The molecule has 0 aromatic heterocycles. The van der Waals surface area contributed by atoms with Crippen LogP contribution in [0.2, 0.25) is 0 Å². The molecule has 36 heavy (non-hydrogen) atoms. The number of nitrogens with one attached hydrogen (secondary N) is 1. The lowest BCUT2D eigenvalue weighted by Crippen LogP contribution is -2.53.